The lowest BCUT2D eigenvalue weighted by Crippen LogP contribution is -2.13. The molecule has 2 N–H and O–H groups in total. The van der Waals surface area contributed by atoms with Crippen molar-refractivity contribution in [1.29, 1.82) is 5.26 Å². The van der Waals surface area contributed by atoms with Crippen molar-refractivity contribution in [1.82, 2.24) is 20.0 Å². The summed E-state index contributed by atoms with van der Waals surface area (Å²) in [6.07, 6.45) is 3.53. The van der Waals surface area contributed by atoms with Crippen molar-refractivity contribution in [2.75, 3.05) is 10.6 Å². The molecule has 5 rings (SSSR count). The van der Waals surface area contributed by atoms with Gasteiger partial charge in [0, 0.05) is 29.4 Å². The molecule has 0 aliphatic rings. The summed E-state index contributed by atoms with van der Waals surface area (Å²) in [5, 5.41) is 27.1. The molecule has 2 atom stereocenters. The zero-order valence-corrected chi connectivity index (χ0v) is 22.2. The highest BCUT2D eigenvalue weighted by atomic mass is 35.5. The summed E-state index contributed by atoms with van der Waals surface area (Å²) in [5.74, 6) is 0. The van der Waals surface area contributed by atoms with Crippen molar-refractivity contribution in [2.45, 2.75) is 38.9 Å². The number of hydrogen-bond acceptors (Lipinski definition) is 6. The molecular weight excluding hydrogens is 494 g/mol. The average Bonchev–Trinajstić information content (AvgIpc) is 3.43. The standard InChI is InChI=1S/C30H28ClN7/c1-19(2)38-18-27(36-37-38)29(22-12-8-5-9-13-22)35-24-14-25-28(34-20(3)21-10-6-4-7-11-21)23(16-32)17-33-30(25)26(31)15-24/h4-15,17-20,29,35H,1-3H3,(H,33,34). The molecular formula is C30H28ClN7. The van der Waals surface area contributed by atoms with E-state index in [2.05, 4.69) is 77.0 Å². The van der Waals surface area contributed by atoms with Crippen molar-refractivity contribution in [3.63, 3.8) is 0 Å². The number of hydrogen-bond donors (Lipinski definition) is 2. The van der Waals surface area contributed by atoms with Gasteiger partial charge >= 0.3 is 0 Å². The number of anilines is 2. The minimum atomic E-state index is -0.260. The van der Waals surface area contributed by atoms with Crippen molar-refractivity contribution in [2.24, 2.45) is 0 Å². The molecule has 8 heteroatoms. The summed E-state index contributed by atoms with van der Waals surface area (Å²) in [5.41, 5.74) is 5.50. The van der Waals surface area contributed by atoms with Crippen molar-refractivity contribution < 1.29 is 0 Å². The van der Waals surface area contributed by atoms with Crippen molar-refractivity contribution >= 4 is 33.9 Å². The molecule has 0 aliphatic carbocycles. The van der Waals surface area contributed by atoms with E-state index in [0.29, 0.717) is 21.8 Å². The molecule has 0 saturated carbocycles. The minimum absolute atomic E-state index is 0.0348. The fourth-order valence-electron chi connectivity index (χ4n) is 4.44. The number of nitrogens with zero attached hydrogens (tertiary/aromatic N) is 5. The Hall–Kier alpha value is -4.41. The van der Waals surface area contributed by atoms with Crippen LogP contribution in [-0.4, -0.2) is 20.0 Å². The molecule has 2 heterocycles. The third-order valence-corrected chi connectivity index (χ3v) is 6.79. The zero-order valence-electron chi connectivity index (χ0n) is 21.4. The van der Waals surface area contributed by atoms with E-state index in [1.165, 1.54) is 0 Å². The van der Waals surface area contributed by atoms with Crippen LogP contribution in [0.2, 0.25) is 5.02 Å². The van der Waals surface area contributed by atoms with Crippen LogP contribution in [0.5, 0.6) is 0 Å². The third kappa shape index (κ3) is 5.17. The van der Waals surface area contributed by atoms with Crippen LogP contribution in [0.4, 0.5) is 11.4 Å². The largest absolute Gasteiger partial charge is 0.377 e. The third-order valence-electron chi connectivity index (χ3n) is 6.50. The molecule has 0 radical (unpaired) electrons. The van der Waals surface area contributed by atoms with Gasteiger partial charge in [0.1, 0.15) is 11.8 Å². The quantitative estimate of drug-likeness (QED) is 0.222. The number of pyridine rings is 1. The molecule has 0 fully saturated rings. The molecule has 2 unspecified atom stereocenters. The van der Waals surface area contributed by atoms with Crippen molar-refractivity contribution in [3.8, 4) is 6.07 Å². The molecule has 190 valence electrons. The van der Waals surface area contributed by atoms with Gasteiger partial charge in [-0.15, -0.1) is 5.10 Å². The molecule has 2 aromatic heterocycles. The Labute approximate surface area is 227 Å². The second-order valence-electron chi connectivity index (χ2n) is 9.49. The van der Waals surface area contributed by atoms with Gasteiger partial charge < -0.3 is 10.6 Å². The van der Waals surface area contributed by atoms with E-state index in [-0.39, 0.29) is 18.1 Å². The van der Waals surface area contributed by atoms with Gasteiger partial charge in [0.25, 0.3) is 0 Å². The normalized spacial score (nSPS) is 12.7. The highest BCUT2D eigenvalue weighted by Crippen LogP contribution is 2.36. The number of benzene rings is 3. The van der Waals surface area contributed by atoms with Gasteiger partial charge in [-0.05, 0) is 44.0 Å². The summed E-state index contributed by atoms with van der Waals surface area (Å²) in [7, 11) is 0. The first-order valence-electron chi connectivity index (χ1n) is 12.5. The Morgan fingerprint density at radius 3 is 2.24 bits per heavy atom. The molecule has 38 heavy (non-hydrogen) atoms. The molecule has 0 amide bonds. The zero-order chi connectivity index (χ0) is 26.6. The van der Waals surface area contributed by atoms with Gasteiger partial charge in [0.05, 0.1) is 34.0 Å². The van der Waals surface area contributed by atoms with E-state index in [4.69, 9.17) is 11.6 Å². The second kappa shape index (κ2) is 10.9. The highest BCUT2D eigenvalue weighted by Gasteiger charge is 2.21. The molecule has 5 aromatic rings. The summed E-state index contributed by atoms with van der Waals surface area (Å²) in [6, 6.07) is 26.2. The van der Waals surface area contributed by atoms with E-state index in [1.54, 1.807) is 6.20 Å². The van der Waals surface area contributed by atoms with Gasteiger partial charge in [0.15, 0.2) is 0 Å². The maximum Gasteiger partial charge on any atom is 0.109 e. The molecule has 3 aromatic carbocycles. The lowest BCUT2D eigenvalue weighted by molar-refractivity contribution is 0.514. The summed E-state index contributed by atoms with van der Waals surface area (Å²) in [4.78, 5) is 4.50. The summed E-state index contributed by atoms with van der Waals surface area (Å²) >= 11 is 6.76. The van der Waals surface area contributed by atoms with Crippen molar-refractivity contribution in [3.05, 3.63) is 113 Å². The summed E-state index contributed by atoms with van der Waals surface area (Å²) in [6.45, 7) is 6.20. The Kier molecular flexibility index (Phi) is 7.25. The maximum atomic E-state index is 9.89. The predicted molar refractivity (Wildman–Crippen MR) is 152 cm³/mol. The number of fused-ring (bicyclic) bond motifs is 1. The molecule has 0 bridgehead atoms. The van der Waals surface area contributed by atoms with Gasteiger partial charge in [-0.3, -0.25) is 4.98 Å². The van der Waals surface area contributed by atoms with E-state index >= 15 is 0 Å². The maximum absolute atomic E-state index is 9.89. The number of nitriles is 1. The Morgan fingerprint density at radius 2 is 1.61 bits per heavy atom. The van der Waals surface area contributed by atoms with Crippen LogP contribution < -0.4 is 10.6 Å². The predicted octanol–water partition coefficient (Wildman–Crippen LogP) is 7.31. The first-order valence-corrected chi connectivity index (χ1v) is 12.9. The van der Waals surface area contributed by atoms with Gasteiger partial charge in [0.2, 0.25) is 0 Å². The van der Waals surface area contributed by atoms with Crippen LogP contribution in [0.1, 0.15) is 61.3 Å². The Balaban J connectivity index is 1.58. The van der Waals surface area contributed by atoms with Crippen LogP contribution in [0.25, 0.3) is 10.9 Å². The topological polar surface area (TPSA) is 91.5 Å². The van der Waals surface area contributed by atoms with Gasteiger partial charge in [-0.2, -0.15) is 5.26 Å². The lowest BCUT2D eigenvalue weighted by Gasteiger charge is -2.21. The fourth-order valence-corrected chi connectivity index (χ4v) is 4.71. The first kappa shape index (κ1) is 25.2. The smallest absolute Gasteiger partial charge is 0.109 e. The highest BCUT2D eigenvalue weighted by molar-refractivity contribution is 6.35. The summed E-state index contributed by atoms with van der Waals surface area (Å²) < 4.78 is 1.84. The lowest BCUT2D eigenvalue weighted by atomic mass is 10.0. The van der Waals surface area contributed by atoms with Crippen LogP contribution in [0.3, 0.4) is 0 Å². The molecule has 0 aliphatic heterocycles. The molecule has 0 saturated heterocycles. The van der Waals surface area contributed by atoms with Crippen LogP contribution in [-0.2, 0) is 0 Å². The van der Waals surface area contributed by atoms with E-state index < -0.39 is 0 Å². The van der Waals surface area contributed by atoms with Crippen LogP contribution in [0, 0.1) is 11.3 Å². The monoisotopic (exact) mass is 521 g/mol. The van der Waals surface area contributed by atoms with Gasteiger partial charge in [-0.1, -0.05) is 77.5 Å². The first-order chi connectivity index (χ1) is 18.4. The molecule has 0 spiro atoms. The van der Waals surface area contributed by atoms with E-state index in [9.17, 15) is 5.26 Å². The fraction of sp³-hybridized carbons (Fsp3) is 0.200. The minimum Gasteiger partial charge on any atom is -0.377 e. The molecule has 7 nitrogen and oxygen atoms in total. The van der Waals surface area contributed by atoms with Crippen LogP contribution in [0.15, 0.2) is 85.2 Å². The SMILES string of the molecule is CC(Nc1c(C#N)cnc2c(Cl)cc(NC(c3ccccc3)c3cn(C(C)C)nn3)cc12)c1ccccc1. The number of aromatic nitrogens is 4. The Morgan fingerprint density at radius 1 is 0.921 bits per heavy atom. The van der Waals surface area contributed by atoms with E-state index in [0.717, 1.165) is 27.9 Å². The van der Waals surface area contributed by atoms with Gasteiger partial charge in [-0.25, -0.2) is 4.68 Å². The number of nitrogens with one attached hydrogen (secondary N) is 2. The Bertz CT molecular complexity index is 1590. The second-order valence-corrected chi connectivity index (χ2v) is 9.90. The number of rotatable bonds is 8. The van der Waals surface area contributed by atoms with E-state index in [1.807, 2.05) is 59.4 Å². The average molecular weight is 522 g/mol. The van der Waals surface area contributed by atoms with Crippen LogP contribution >= 0.6 is 11.6 Å². The number of halogens is 1.